The Morgan fingerprint density at radius 1 is 1.17 bits per heavy atom. The molecule has 254 valence electrons. The number of benzene rings is 1. The Labute approximate surface area is 280 Å². The van der Waals surface area contributed by atoms with E-state index < -0.39 is 22.9 Å². The van der Waals surface area contributed by atoms with Crippen molar-refractivity contribution in [3.63, 3.8) is 0 Å². The molecule has 0 amide bonds. The van der Waals surface area contributed by atoms with Crippen molar-refractivity contribution in [2.45, 2.75) is 117 Å². The van der Waals surface area contributed by atoms with E-state index in [0.29, 0.717) is 32.3 Å². The van der Waals surface area contributed by atoms with Crippen LogP contribution in [0.3, 0.4) is 0 Å². The van der Waals surface area contributed by atoms with E-state index in [-0.39, 0.29) is 32.1 Å². The lowest BCUT2D eigenvalue weighted by molar-refractivity contribution is -0.124. The van der Waals surface area contributed by atoms with Gasteiger partial charge in [-0.15, -0.1) is 11.3 Å². The molecule has 1 unspecified atom stereocenters. The van der Waals surface area contributed by atoms with E-state index in [2.05, 4.69) is 18.8 Å². The van der Waals surface area contributed by atoms with Gasteiger partial charge in [0.25, 0.3) is 5.56 Å². The van der Waals surface area contributed by atoms with Gasteiger partial charge >= 0.3 is 5.69 Å². The number of aryl methyl sites for hydroxylation is 1. The fraction of sp³-hybridized carbons (Fsp3) is 0.556. The van der Waals surface area contributed by atoms with Crippen LogP contribution >= 0.6 is 11.3 Å². The predicted molar refractivity (Wildman–Crippen MR) is 183 cm³/mol. The number of carbonyl (C=O) groups is 1. The first kappa shape index (κ1) is 33.4. The predicted octanol–water partition coefficient (Wildman–Crippen LogP) is 7.04. The van der Waals surface area contributed by atoms with Crippen molar-refractivity contribution in [1.29, 1.82) is 0 Å². The van der Waals surface area contributed by atoms with Crippen molar-refractivity contribution in [1.82, 2.24) is 14.1 Å². The van der Waals surface area contributed by atoms with E-state index >= 15 is 0 Å². The smallest absolute Gasteiger partial charge is 0.333 e. The third-order valence-electron chi connectivity index (χ3n) is 9.95. The monoisotopic (exact) mass is 665 g/mol. The molecule has 2 aliphatic heterocycles. The molecule has 5 heterocycles. The van der Waals surface area contributed by atoms with Crippen molar-refractivity contribution in [3.05, 3.63) is 68.7 Å². The number of oxazole rings is 1. The summed E-state index contributed by atoms with van der Waals surface area (Å²) in [6, 6.07) is 7.61. The van der Waals surface area contributed by atoms with Crippen LogP contribution in [-0.2, 0) is 26.4 Å². The summed E-state index contributed by atoms with van der Waals surface area (Å²) < 4.78 is 26.8. The van der Waals surface area contributed by atoms with E-state index in [4.69, 9.17) is 18.6 Å². The van der Waals surface area contributed by atoms with E-state index in [1.165, 1.54) is 43.6 Å². The number of ketones is 1. The van der Waals surface area contributed by atoms with Gasteiger partial charge in [0.05, 0.1) is 48.4 Å². The molecule has 2 saturated heterocycles. The Bertz CT molecular complexity index is 1870. The van der Waals surface area contributed by atoms with Crippen LogP contribution in [0.1, 0.15) is 91.8 Å². The zero-order chi connectivity index (χ0) is 33.7. The van der Waals surface area contributed by atoms with Gasteiger partial charge in [-0.25, -0.2) is 14.3 Å². The highest BCUT2D eigenvalue weighted by Gasteiger charge is 2.38. The van der Waals surface area contributed by atoms with Gasteiger partial charge in [0, 0.05) is 6.99 Å². The van der Waals surface area contributed by atoms with Crippen molar-refractivity contribution >= 4 is 27.3 Å². The average molecular weight is 666 g/mol. The lowest BCUT2D eigenvalue weighted by Crippen LogP contribution is -2.52. The van der Waals surface area contributed by atoms with Crippen molar-refractivity contribution in [2.24, 2.45) is 5.41 Å². The van der Waals surface area contributed by atoms with Crippen LogP contribution in [0.15, 0.2) is 50.7 Å². The third-order valence-corrected chi connectivity index (χ3v) is 11.3. The molecule has 0 N–H and O–H groups in total. The fourth-order valence-electron chi connectivity index (χ4n) is 6.41. The quantitative estimate of drug-likeness (QED) is 0.187. The molecule has 0 spiro atoms. The molecular weight excluding hydrogens is 618 g/mol. The molecule has 1 saturated carbocycles. The first-order valence-electron chi connectivity index (χ1n) is 16.4. The Morgan fingerprint density at radius 3 is 2.40 bits per heavy atom. The maximum Gasteiger partial charge on any atom is 0.333 e. The van der Waals surface area contributed by atoms with Crippen LogP contribution < -0.4 is 16.0 Å². The number of ether oxygens (including phenoxy) is 3. The summed E-state index contributed by atoms with van der Waals surface area (Å²) in [6.07, 6.45) is 9.19. The molecule has 7 rings (SSSR count). The molecule has 3 fully saturated rings. The number of hydrogen-bond donors (Lipinski definition) is 0. The van der Waals surface area contributed by atoms with Crippen LogP contribution in [0, 0.1) is 12.3 Å². The summed E-state index contributed by atoms with van der Waals surface area (Å²) in [4.78, 5) is 46.5. The highest BCUT2D eigenvalue weighted by Crippen LogP contribution is 2.43. The first-order valence-corrected chi connectivity index (χ1v) is 17.3. The highest BCUT2D eigenvalue weighted by molar-refractivity contribution is 7.22. The number of hydrogen-bond acceptors (Lipinski definition) is 9. The fourth-order valence-corrected chi connectivity index (χ4v) is 7.66. The molecule has 3 aromatic heterocycles. The number of fused-ring (bicyclic) bond motifs is 3. The Morgan fingerprint density at radius 2 is 1.83 bits per heavy atom. The van der Waals surface area contributed by atoms with Crippen LogP contribution in [0.5, 0.6) is 5.75 Å². The zero-order valence-electron chi connectivity index (χ0n) is 28.3. The van der Waals surface area contributed by atoms with Crippen molar-refractivity contribution < 1.29 is 24.8 Å². The number of para-hydroxylation sites is 1. The number of rotatable bonds is 9. The largest absolute Gasteiger partial charge is 0.496 e. The number of methoxy groups -OCH3 is 1. The molecule has 4 aromatic rings. The zero-order valence-corrected chi connectivity index (χ0v) is 29.1. The molecule has 0 radical (unpaired) electrons. The Hall–Kier alpha value is -3.54. The number of aromatic nitrogens is 3. The molecule has 1 aromatic carbocycles. The maximum absolute atomic E-state index is 14.3. The Kier molecular flexibility index (Phi) is 9.10. The van der Waals surface area contributed by atoms with E-state index in [0.717, 1.165) is 41.2 Å². The molecule has 10 nitrogen and oxygen atoms in total. The molecule has 11 heteroatoms. The minimum atomic E-state index is -1.37. The molecule has 2 bridgehead atoms. The summed E-state index contributed by atoms with van der Waals surface area (Å²) >= 11 is 1.27. The van der Waals surface area contributed by atoms with E-state index in [1.54, 1.807) is 25.5 Å². The number of Topliss-reactive ketones (excluding diaryl/α,β-unsaturated/α-hetero) is 1. The van der Waals surface area contributed by atoms with Crippen LogP contribution in [0.2, 0.25) is 0 Å². The van der Waals surface area contributed by atoms with Gasteiger partial charge in [0.2, 0.25) is 5.89 Å². The molecule has 1 aliphatic carbocycles. The summed E-state index contributed by atoms with van der Waals surface area (Å²) in [6.45, 7) is 11.1. The second kappa shape index (κ2) is 12.8. The minimum Gasteiger partial charge on any atom is -0.496 e. The van der Waals surface area contributed by atoms with Gasteiger partial charge in [-0.05, 0) is 83.3 Å². The second-order valence-corrected chi connectivity index (χ2v) is 15.3. The standard InChI is InChI=1S/C31H35N3O7S.C5H10.H2/c1-17-25-28(36)34(31(3,4)18(2)35)30(37)33(29(25)42-26(17)27-32-12-13-39-27)16-24(22-8-6-7-9-23(22)38-5)41-21-14-19-10-11-20(15-21)40-19;1-5(2)3-4-5;/h6-9,12-13,19-21,24H,10-11,14-16H2,1-5H3;3-4H2,1-2H3;1H/t19-,20+,21?,24-;;/m0../s1. The third kappa shape index (κ3) is 6.62. The van der Waals surface area contributed by atoms with E-state index in [1.807, 2.05) is 31.2 Å². The van der Waals surface area contributed by atoms with Crippen LogP contribution in [-0.4, -0.2) is 45.3 Å². The number of thiophene rings is 1. The van der Waals surface area contributed by atoms with Crippen LogP contribution in [0.4, 0.5) is 0 Å². The van der Waals surface area contributed by atoms with Gasteiger partial charge < -0.3 is 18.6 Å². The number of nitrogens with zero attached hydrogens (tertiary/aromatic N) is 3. The lowest BCUT2D eigenvalue weighted by atomic mass is 10.00. The van der Waals surface area contributed by atoms with Gasteiger partial charge in [0.1, 0.15) is 28.5 Å². The molecule has 4 atom stereocenters. The first-order chi connectivity index (χ1) is 22.3. The summed E-state index contributed by atoms with van der Waals surface area (Å²) in [5.41, 5.74) is -0.289. The average Bonchev–Trinajstić information content (AvgIpc) is 3.39. The highest BCUT2D eigenvalue weighted by atomic mass is 32.1. The number of carbonyl (C=O) groups excluding carboxylic acids is 1. The minimum absolute atomic E-state index is 0. The van der Waals surface area contributed by atoms with E-state index in [9.17, 15) is 14.4 Å². The summed E-state index contributed by atoms with van der Waals surface area (Å²) in [5, 5.41) is 0.352. The summed E-state index contributed by atoms with van der Waals surface area (Å²) in [7, 11) is 1.61. The topological polar surface area (TPSA) is 115 Å². The molecule has 47 heavy (non-hydrogen) atoms. The maximum atomic E-state index is 14.3. The van der Waals surface area contributed by atoms with Crippen molar-refractivity contribution in [2.75, 3.05) is 7.11 Å². The lowest BCUT2D eigenvalue weighted by Gasteiger charge is -2.33. The molecular formula is C36H47N3O7S. The van der Waals surface area contributed by atoms with Gasteiger partial charge in [0.15, 0.2) is 5.78 Å². The second-order valence-electron chi connectivity index (χ2n) is 14.3. The van der Waals surface area contributed by atoms with Gasteiger partial charge in [-0.2, -0.15) is 0 Å². The van der Waals surface area contributed by atoms with Gasteiger partial charge in [-0.3, -0.25) is 14.2 Å². The normalized spacial score (nSPS) is 22.1. The Balaban J connectivity index is 0.000000689. The summed E-state index contributed by atoms with van der Waals surface area (Å²) in [5.74, 6) is 0.699. The van der Waals surface area contributed by atoms with Crippen LogP contribution in [0.25, 0.3) is 21.0 Å². The van der Waals surface area contributed by atoms with Gasteiger partial charge in [-0.1, -0.05) is 32.0 Å². The van der Waals surface area contributed by atoms with Crippen molar-refractivity contribution in [3.8, 4) is 16.5 Å². The SMILES string of the molecule is CC1(C)CC1.COc1ccccc1[C@H](Cn1c(=O)n(C(C)(C)C(C)=O)c(=O)c2c(C)c(-c3ncco3)sc21)OC1C[C@H]2CC[C@@H](C1)O2.[HH]. The molecule has 3 aliphatic rings.